The molecule has 2 N–H and O–H groups in total. The molecule has 0 fully saturated rings. The minimum atomic E-state index is -0.434. The quantitative estimate of drug-likeness (QED) is 0.907. The standard InChI is InChI=1S/C16H17ClFNO/c1-10-7-13(11(2)19)4-6-16(10)20-9-12-3-5-14(17)15(18)8-12/h3-8,11H,9,19H2,1-2H3. The number of aryl methyl sites for hydroxylation is 1. The minimum Gasteiger partial charge on any atom is -0.489 e. The van der Waals surface area contributed by atoms with Crippen molar-refractivity contribution in [2.24, 2.45) is 5.73 Å². The first-order valence-electron chi connectivity index (χ1n) is 6.40. The summed E-state index contributed by atoms with van der Waals surface area (Å²) in [5, 5.41) is 0.117. The average molecular weight is 294 g/mol. The molecule has 0 saturated carbocycles. The highest BCUT2D eigenvalue weighted by Gasteiger charge is 2.06. The zero-order chi connectivity index (χ0) is 14.7. The topological polar surface area (TPSA) is 35.2 Å². The number of rotatable bonds is 4. The lowest BCUT2D eigenvalue weighted by atomic mass is 10.1. The molecule has 2 nitrogen and oxygen atoms in total. The van der Waals surface area contributed by atoms with Crippen molar-refractivity contribution >= 4 is 11.6 Å². The predicted molar refractivity (Wildman–Crippen MR) is 79.5 cm³/mol. The Morgan fingerprint density at radius 1 is 1.25 bits per heavy atom. The van der Waals surface area contributed by atoms with E-state index in [2.05, 4.69) is 0 Å². The van der Waals surface area contributed by atoms with Gasteiger partial charge in [-0.1, -0.05) is 29.8 Å². The molecule has 0 saturated heterocycles. The van der Waals surface area contributed by atoms with E-state index in [-0.39, 0.29) is 11.1 Å². The number of nitrogens with two attached hydrogens (primary N) is 1. The summed E-state index contributed by atoms with van der Waals surface area (Å²) in [7, 11) is 0. The number of ether oxygens (including phenoxy) is 1. The van der Waals surface area contributed by atoms with Gasteiger partial charge in [0.2, 0.25) is 0 Å². The molecule has 1 unspecified atom stereocenters. The van der Waals surface area contributed by atoms with E-state index in [1.54, 1.807) is 6.07 Å². The smallest absolute Gasteiger partial charge is 0.142 e. The molecule has 2 aromatic rings. The van der Waals surface area contributed by atoms with Gasteiger partial charge in [0.05, 0.1) is 5.02 Å². The van der Waals surface area contributed by atoms with Crippen LogP contribution in [0.4, 0.5) is 4.39 Å². The van der Waals surface area contributed by atoms with E-state index in [0.717, 1.165) is 22.4 Å². The van der Waals surface area contributed by atoms with E-state index in [1.807, 2.05) is 32.0 Å². The van der Waals surface area contributed by atoms with Gasteiger partial charge in [0.25, 0.3) is 0 Å². The third-order valence-corrected chi connectivity index (χ3v) is 3.41. The van der Waals surface area contributed by atoms with E-state index in [9.17, 15) is 4.39 Å². The second-order valence-corrected chi connectivity index (χ2v) is 5.26. The SMILES string of the molecule is Cc1cc(C(C)N)ccc1OCc1ccc(Cl)c(F)c1. The van der Waals surface area contributed by atoms with Crippen LogP contribution in [-0.2, 0) is 6.61 Å². The molecule has 2 aromatic carbocycles. The molecule has 4 heteroatoms. The number of halogens is 2. The Labute approximate surface area is 123 Å². The Hall–Kier alpha value is -1.58. The van der Waals surface area contributed by atoms with Crippen LogP contribution < -0.4 is 10.5 Å². The largest absolute Gasteiger partial charge is 0.489 e. The van der Waals surface area contributed by atoms with Crippen molar-refractivity contribution in [3.8, 4) is 5.75 Å². The van der Waals surface area contributed by atoms with Crippen molar-refractivity contribution in [1.82, 2.24) is 0 Å². The Balaban J connectivity index is 2.09. The molecule has 0 aliphatic heterocycles. The molecule has 1 atom stereocenters. The first-order valence-corrected chi connectivity index (χ1v) is 6.78. The zero-order valence-corrected chi connectivity index (χ0v) is 12.2. The van der Waals surface area contributed by atoms with E-state index in [4.69, 9.17) is 22.1 Å². The Morgan fingerprint density at radius 3 is 2.60 bits per heavy atom. The summed E-state index contributed by atoms with van der Waals surface area (Å²) in [5.74, 6) is 0.335. The lowest BCUT2D eigenvalue weighted by Gasteiger charge is -2.12. The number of hydrogen-bond donors (Lipinski definition) is 1. The van der Waals surface area contributed by atoms with Gasteiger partial charge in [-0.05, 0) is 48.7 Å². The lowest BCUT2D eigenvalue weighted by Crippen LogP contribution is -2.05. The maximum atomic E-state index is 13.3. The van der Waals surface area contributed by atoms with E-state index in [1.165, 1.54) is 12.1 Å². The minimum absolute atomic E-state index is 0.00638. The van der Waals surface area contributed by atoms with Crippen molar-refractivity contribution in [2.75, 3.05) is 0 Å². The maximum Gasteiger partial charge on any atom is 0.142 e. The van der Waals surface area contributed by atoms with E-state index in [0.29, 0.717) is 6.61 Å². The van der Waals surface area contributed by atoms with Gasteiger partial charge >= 0.3 is 0 Å². The molecule has 0 radical (unpaired) electrons. The molecule has 0 amide bonds. The second-order valence-electron chi connectivity index (χ2n) is 4.85. The van der Waals surface area contributed by atoms with Crippen LogP contribution in [0.3, 0.4) is 0 Å². The maximum absolute atomic E-state index is 13.3. The normalized spacial score (nSPS) is 12.2. The highest BCUT2D eigenvalue weighted by atomic mass is 35.5. The van der Waals surface area contributed by atoms with Gasteiger partial charge in [-0.25, -0.2) is 4.39 Å². The van der Waals surface area contributed by atoms with Crippen LogP contribution in [0.2, 0.25) is 5.02 Å². The van der Waals surface area contributed by atoms with Crippen LogP contribution in [0.25, 0.3) is 0 Å². The van der Waals surface area contributed by atoms with Crippen molar-refractivity contribution in [3.05, 3.63) is 63.9 Å². The van der Waals surface area contributed by atoms with Crippen LogP contribution in [0.15, 0.2) is 36.4 Å². The first-order chi connectivity index (χ1) is 9.47. The highest BCUT2D eigenvalue weighted by Crippen LogP contribution is 2.23. The predicted octanol–water partition coefficient (Wildman–Crippen LogP) is 4.39. The zero-order valence-electron chi connectivity index (χ0n) is 11.5. The Morgan fingerprint density at radius 2 is 2.00 bits per heavy atom. The molecule has 20 heavy (non-hydrogen) atoms. The van der Waals surface area contributed by atoms with Crippen LogP contribution in [0.1, 0.15) is 29.7 Å². The molecular formula is C16H17ClFNO. The monoisotopic (exact) mass is 293 g/mol. The van der Waals surface area contributed by atoms with Gasteiger partial charge in [0.15, 0.2) is 0 Å². The van der Waals surface area contributed by atoms with E-state index < -0.39 is 5.82 Å². The van der Waals surface area contributed by atoms with Crippen LogP contribution in [-0.4, -0.2) is 0 Å². The summed E-state index contributed by atoms with van der Waals surface area (Å²) in [4.78, 5) is 0. The van der Waals surface area contributed by atoms with Crippen molar-refractivity contribution in [2.45, 2.75) is 26.5 Å². The fourth-order valence-corrected chi connectivity index (χ4v) is 2.03. The molecule has 0 aliphatic rings. The summed E-state index contributed by atoms with van der Waals surface area (Å²) in [6.07, 6.45) is 0. The number of benzene rings is 2. The molecule has 0 aliphatic carbocycles. The van der Waals surface area contributed by atoms with Gasteiger partial charge in [-0.3, -0.25) is 0 Å². The van der Waals surface area contributed by atoms with Gasteiger partial charge in [0, 0.05) is 6.04 Å². The van der Waals surface area contributed by atoms with E-state index >= 15 is 0 Å². The molecule has 0 bridgehead atoms. The van der Waals surface area contributed by atoms with Gasteiger partial charge in [-0.2, -0.15) is 0 Å². The van der Waals surface area contributed by atoms with Gasteiger partial charge in [-0.15, -0.1) is 0 Å². The van der Waals surface area contributed by atoms with Crippen LogP contribution in [0.5, 0.6) is 5.75 Å². The first kappa shape index (κ1) is 14.8. The van der Waals surface area contributed by atoms with Crippen molar-refractivity contribution in [3.63, 3.8) is 0 Å². The molecule has 0 heterocycles. The second kappa shape index (κ2) is 6.25. The summed E-state index contributed by atoms with van der Waals surface area (Å²) in [6.45, 7) is 4.20. The Bertz CT molecular complexity index is 613. The van der Waals surface area contributed by atoms with Gasteiger partial charge in [0.1, 0.15) is 18.2 Å². The fraction of sp³-hybridized carbons (Fsp3) is 0.250. The molecule has 0 spiro atoms. The van der Waals surface area contributed by atoms with Crippen LogP contribution >= 0.6 is 11.6 Å². The Kier molecular flexibility index (Phi) is 4.63. The lowest BCUT2D eigenvalue weighted by molar-refractivity contribution is 0.303. The summed E-state index contributed by atoms with van der Waals surface area (Å²) < 4.78 is 19.0. The number of hydrogen-bond acceptors (Lipinski definition) is 2. The summed E-state index contributed by atoms with van der Waals surface area (Å²) in [5.41, 5.74) is 8.64. The summed E-state index contributed by atoms with van der Waals surface area (Å²) in [6, 6.07) is 10.5. The fourth-order valence-electron chi connectivity index (χ4n) is 1.91. The van der Waals surface area contributed by atoms with Crippen molar-refractivity contribution < 1.29 is 9.13 Å². The van der Waals surface area contributed by atoms with Crippen LogP contribution in [0, 0.1) is 12.7 Å². The molecule has 0 aromatic heterocycles. The third kappa shape index (κ3) is 3.50. The van der Waals surface area contributed by atoms with Crippen molar-refractivity contribution in [1.29, 1.82) is 0 Å². The third-order valence-electron chi connectivity index (χ3n) is 3.10. The average Bonchev–Trinajstić information content (AvgIpc) is 2.41. The molecule has 2 rings (SSSR count). The highest BCUT2D eigenvalue weighted by molar-refractivity contribution is 6.30. The molecular weight excluding hydrogens is 277 g/mol. The summed E-state index contributed by atoms with van der Waals surface area (Å²) >= 11 is 5.64. The molecule has 106 valence electrons. The van der Waals surface area contributed by atoms with Gasteiger partial charge < -0.3 is 10.5 Å².